The van der Waals surface area contributed by atoms with Gasteiger partial charge in [0.2, 0.25) is 0 Å². The van der Waals surface area contributed by atoms with Crippen molar-refractivity contribution in [2.45, 2.75) is 103 Å². The highest BCUT2D eigenvalue weighted by molar-refractivity contribution is 5.91. The van der Waals surface area contributed by atoms with E-state index in [4.69, 9.17) is 4.74 Å². The van der Waals surface area contributed by atoms with E-state index in [2.05, 4.69) is 6.92 Å². The van der Waals surface area contributed by atoms with Crippen LogP contribution in [-0.4, -0.2) is 17.9 Å². The quantitative estimate of drug-likeness (QED) is 0.545. The lowest BCUT2D eigenvalue weighted by Crippen LogP contribution is -2.48. The first kappa shape index (κ1) is 19.8. The maximum Gasteiger partial charge on any atom is 0.306 e. The predicted molar refractivity (Wildman–Crippen MR) is 113 cm³/mol. The highest BCUT2D eigenvalue weighted by Crippen LogP contribution is 2.62. The lowest BCUT2D eigenvalue weighted by atomic mass is 9.52. The molecule has 29 heavy (non-hydrogen) atoms. The second kappa shape index (κ2) is 7.85. The van der Waals surface area contributed by atoms with E-state index in [9.17, 15) is 9.59 Å². The van der Waals surface area contributed by atoms with E-state index in [0.29, 0.717) is 24.0 Å². The molecule has 0 bridgehead atoms. The fraction of sp³-hybridized carbons (Fsp3) is 0.846. The molecule has 0 N–H and O–H groups in total. The summed E-state index contributed by atoms with van der Waals surface area (Å²) in [5.74, 6) is 4.06. The Morgan fingerprint density at radius 1 is 1.03 bits per heavy atom. The highest BCUT2D eigenvalue weighted by Gasteiger charge is 2.57. The van der Waals surface area contributed by atoms with E-state index in [1.165, 1.54) is 56.9 Å². The molecule has 0 aromatic carbocycles. The van der Waals surface area contributed by atoms with Gasteiger partial charge in [0.1, 0.15) is 6.10 Å². The van der Waals surface area contributed by atoms with Crippen molar-refractivity contribution in [1.82, 2.24) is 0 Å². The van der Waals surface area contributed by atoms with Crippen molar-refractivity contribution in [3.63, 3.8) is 0 Å². The number of carbonyl (C=O) groups excluding carboxylic acids is 2. The van der Waals surface area contributed by atoms with Gasteiger partial charge in [-0.1, -0.05) is 38.2 Å². The fourth-order valence-electron chi connectivity index (χ4n) is 8.16. The number of ether oxygens (including phenoxy) is 1. The van der Waals surface area contributed by atoms with E-state index >= 15 is 0 Å². The Morgan fingerprint density at radius 2 is 1.86 bits per heavy atom. The molecule has 0 spiro atoms. The molecule has 4 saturated carbocycles. The summed E-state index contributed by atoms with van der Waals surface area (Å²) < 4.78 is 6.15. The minimum absolute atomic E-state index is 0.0607. The Kier molecular flexibility index (Phi) is 5.37. The van der Waals surface area contributed by atoms with Gasteiger partial charge >= 0.3 is 5.97 Å². The Balaban J connectivity index is 1.22. The van der Waals surface area contributed by atoms with E-state index in [-0.39, 0.29) is 17.5 Å². The first-order valence-corrected chi connectivity index (χ1v) is 12.5. The zero-order chi connectivity index (χ0) is 20.0. The standard InChI is InChI=1S/C26H38O3/c1-26-15-14-21-20-10-8-19(27)16-18(20)7-9-22(21)23(26)11-12-24(26)29-25(28)13-6-17-4-2-3-5-17/h16-17,20-24H,2-15H2,1H3/t20?,21-,22-,23+,24+,26+/m1/s1. The van der Waals surface area contributed by atoms with Crippen LogP contribution in [0.2, 0.25) is 0 Å². The van der Waals surface area contributed by atoms with Crippen molar-refractivity contribution in [2.75, 3.05) is 0 Å². The second-order valence-electron chi connectivity index (χ2n) is 11.1. The van der Waals surface area contributed by atoms with Gasteiger partial charge in [0.25, 0.3) is 0 Å². The summed E-state index contributed by atoms with van der Waals surface area (Å²) in [4.78, 5) is 24.5. The molecule has 0 aliphatic heterocycles. The van der Waals surface area contributed by atoms with Crippen molar-refractivity contribution in [1.29, 1.82) is 0 Å². The van der Waals surface area contributed by atoms with Crippen molar-refractivity contribution < 1.29 is 14.3 Å². The summed E-state index contributed by atoms with van der Waals surface area (Å²) in [5, 5.41) is 0. The molecular formula is C26H38O3. The smallest absolute Gasteiger partial charge is 0.306 e. The number of hydrogen-bond donors (Lipinski definition) is 0. The highest BCUT2D eigenvalue weighted by atomic mass is 16.5. The largest absolute Gasteiger partial charge is 0.462 e. The van der Waals surface area contributed by atoms with Gasteiger partial charge in [-0.05, 0) is 87.0 Å². The third kappa shape index (κ3) is 3.61. The van der Waals surface area contributed by atoms with Crippen molar-refractivity contribution in [2.24, 2.45) is 35.0 Å². The maximum atomic E-state index is 12.6. The van der Waals surface area contributed by atoms with Crippen LogP contribution in [0.5, 0.6) is 0 Å². The summed E-state index contributed by atoms with van der Waals surface area (Å²) in [7, 11) is 0. The van der Waals surface area contributed by atoms with Crippen LogP contribution in [0.15, 0.2) is 11.6 Å². The number of ketones is 1. The molecule has 5 rings (SSSR count). The fourth-order valence-corrected chi connectivity index (χ4v) is 8.16. The SMILES string of the molecule is C[C@]12CC[C@@H]3C4CCC(=O)C=C4CC[C@H]3[C@@H]1CC[C@@H]2OC(=O)CCC1CCCC1. The van der Waals surface area contributed by atoms with E-state index in [1.54, 1.807) is 0 Å². The molecule has 6 atom stereocenters. The van der Waals surface area contributed by atoms with Gasteiger partial charge in [0, 0.05) is 18.3 Å². The number of hydrogen-bond acceptors (Lipinski definition) is 3. The van der Waals surface area contributed by atoms with Crippen LogP contribution >= 0.6 is 0 Å². The molecule has 5 aliphatic rings. The first-order chi connectivity index (χ1) is 14.0. The van der Waals surface area contributed by atoms with Crippen LogP contribution < -0.4 is 0 Å². The number of carbonyl (C=O) groups is 2. The first-order valence-electron chi connectivity index (χ1n) is 12.5. The zero-order valence-corrected chi connectivity index (χ0v) is 18.2. The molecule has 0 aromatic heterocycles. The molecule has 4 fully saturated rings. The Labute approximate surface area is 176 Å². The molecule has 3 nitrogen and oxygen atoms in total. The van der Waals surface area contributed by atoms with Crippen LogP contribution in [0.25, 0.3) is 0 Å². The van der Waals surface area contributed by atoms with Crippen molar-refractivity contribution in [3.05, 3.63) is 11.6 Å². The van der Waals surface area contributed by atoms with Gasteiger partial charge in [0.05, 0.1) is 0 Å². The monoisotopic (exact) mass is 398 g/mol. The molecule has 0 heterocycles. The third-order valence-corrected chi connectivity index (χ3v) is 9.72. The molecule has 0 aromatic rings. The minimum Gasteiger partial charge on any atom is -0.462 e. The van der Waals surface area contributed by atoms with Crippen LogP contribution in [0.4, 0.5) is 0 Å². The summed E-state index contributed by atoms with van der Waals surface area (Å²) in [6.07, 6.45) is 18.0. The minimum atomic E-state index is 0.0607. The number of fused-ring (bicyclic) bond motifs is 5. The third-order valence-electron chi connectivity index (χ3n) is 9.72. The molecule has 0 radical (unpaired) electrons. The van der Waals surface area contributed by atoms with Crippen LogP contribution in [0.3, 0.4) is 0 Å². The summed E-state index contributed by atoms with van der Waals surface area (Å²) in [5.41, 5.74) is 1.63. The van der Waals surface area contributed by atoms with Gasteiger partial charge in [0.15, 0.2) is 5.78 Å². The van der Waals surface area contributed by atoms with Crippen LogP contribution in [0.1, 0.15) is 96.8 Å². The van der Waals surface area contributed by atoms with E-state index < -0.39 is 0 Å². The van der Waals surface area contributed by atoms with Crippen molar-refractivity contribution in [3.8, 4) is 0 Å². The molecular weight excluding hydrogens is 360 g/mol. The lowest BCUT2D eigenvalue weighted by Gasteiger charge is -2.53. The number of esters is 1. The van der Waals surface area contributed by atoms with Gasteiger partial charge in [-0.25, -0.2) is 0 Å². The summed E-state index contributed by atoms with van der Waals surface area (Å²) in [6, 6.07) is 0. The van der Waals surface area contributed by atoms with Gasteiger partial charge in [-0.15, -0.1) is 0 Å². The van der Waals surface area contributed by atoms with Gasteiger partial charge in [-0.3, -0.25) is 9.59 Å². The Hall–Kier alpha value is -1.12. The molecule has 5 aliphatic carbocycles. The van der Waals surface area contributed by atoms with E-state index in [1.807, 2.05) is 6.08 Å². The molecule has 0 saturated heterocycles. The number of rotatable bonds is 4. The normalized spacial score (nSPS) is 42.0. The molecule has 1 unspecified atom stereocenters. The van der Waals surface area contributed by atoms with Crippen LogP contribution in [-0.2, 0) is 14.3 Å². The number of allylic oxidation sites excluding steroid dienone is 1. The Bertz CT molecular complexity index is 688. The van der Waals surface area contributed by atoms with Crippen molar-refractivity contribution >= 4 is 11.8 Å². The summed E-state index contributed by atoms with van der Waals surface area (Å²) in [6.45, 7) is 2.42. The second-order valence-corrected chi connectivity index (χ2v) is 11.1. The zero-order valence-electron chi connectivity index (χ0n) is 18.2. The molecule has 3 heteroatoms. The maximum absolute atomic E-state index is 12.6. The topological polar surface area (TPSA) is 43.4 Å². The van der Waals surface area contributed by atoms with Gasteiger partial charge < -0.3 is 4.74 Å². The van der Waals surface area contributed by atoms with Crippen LogP contribution in [0, 0.1) is 35.0 Å². The average molecular weight is 399 g/mol. The Morgan fingerprint density at radius 3 is 2.69 bits per heavy atom. The predicted octanol–water partition coefficient (Wildman–Crippen LogP) is 6.01. The molecule has 160 valence electrons. The van der Waals surface area contributed by atoms with E-state index in [0.717, 1.165) is 49.9 Å². The summed E-state index contributed by atoms with van der Waals surface area (Å²) >= 11 is 0. The average Bonchev–Trinajstić information content (AvgIpc) is 3.34. The lowest BCUT2D eigenvalue weighted by molar-refractivity contribution is -0.159. The van der Waals surface area contributed by atoms with Gasteiger partial charge in [-0.2, -0.15) is 0 Å². The molecule has 0 amide bonds.